The second-order valence-corrected chi connectivity index (χ2v) is 7.45. The van der Waals surface area contributed by atoms with Gasteiger partial charge in [-0.1, -0.05) is 0 Å². The van der Waals surface area contributed by atoms with E-state index < -0.39 is 53.6 Å². The molecule has 5 heterocycles. The quantitative estimate of drug-likeness (QED) is 0.195. The van der Waals surface area contributed by atoms with E-state index in [9.17, 15) is 40.5 Å². The molecular formula is C20H10FeN8O8. The zero-order valence-electron chi connectivity index (χ0n) is 17.9. The topological polar surface area (TPSA) is 219 Å². The average molecular weight is 546 g/mol. The molecule has 0 saturated carbocycles. The maximum Gasteiger partial charge on any atom is 0.385 e. The van der Waals surface area contributed by atoms with Gasteiger partial charge in [0.15, 0.2) is 10.5 Å². The van der Waals surface area contributed by atoms with Crippen LogP contribution in [-0.2, 0) is 17.1 Å². The van der Waals surface area contributed by atoms with Gasteiger partial charge in [0.25, 0.3) is 5.52 Å². The molecule has 0 amide bonds. The number of nitrogens with one attached hydrogen (secondary N) is 1. The van der Waals surface area contributed by atoms with Crippen LogP contribution in [0, 0.1) is 40.5 Å². The molecule has 0 aromatic carbocycles. The summed E-state index contributed by atoms with van der Waals surface area (Å²) in [6, 6.07) is 7.49. The van der Waals surface area contributed by atoms with E-state index in [1.54, 1.807) is 18.2 Å². The van der Waals surface area contributed by atoms with E-state index in [1.807, 2.05) is 0 Å². The van der Waals surface area contributed by atoms with Gasteiger partial charge in [-0.05, 0) is 53.2 Å². The fraction of sp³-hybridized carbons (Fsp3) is 0. The minimum absolute atomic E-state index is 0. The van der Waals surface area contributed by atoms with Gasteiger partial charge in [-0.3, -0.25) is 30.3 Å². The summed E-state index contributed by atoms with van der Waals surface area (Å²) < 4.78 is -0.0489. The molecule has 8 bridgehead atoms. The van der Waals surface area contributed by atoms with Crippen molar-refractivity contribution in [3.8, 4) is 0 Å². The Hall–Kier alpha value is -5.28. The van der Waals surface area contributed by atoms with Gasteiger partial charge in [0.1, 0.15) is 5.69 Å². The fourth-order valence-electron chi connectivity index (χ4n) is 3.92. The Morgan fingerprint density at radius 3 is 1.73 bits per heavy atom. The van der Waals surface area contributed by atoms with Crippen molar-refractivity contribution in [2.24, 2.45) is 0 Å². The Labute approximate surface area is 213 Å². The van der Waals surface area contributed by atoms with Crippen LogP contribution in [0.4, 0.5) is 17.1 Å². The molecule has 0 radical (unpaired) electrons. The van der Waals surface area contributed by atoms with E-state index in [-0.39, 0.29) is 33.1 Å². The predicted octanol–water partition coefficient (Wildman–Crippen LogP) is 3.89. The SMILES string of the molecule is O=[N+]([O-])c1c([N+](=O)[O-])c2c([N+](=O)[O-])c3nc(cc4ccc(cc5nc(cc1n2[N+](=O)[O-])C=C5)[nH]4)C=C3.[Fe]. The van der Waals surface area contributed by atoms with Gasteiger partial charge >= 0.3 is 17.1 Å². The zero-order valence-corrected chi connectivity index (χ0v) is 19.1. The number of fused-ring (bicyclic) bond motifs is 8. The molecule has 0 atom stereocenters. The summed E-state index contributed by atoms with van der Waals surface area (Å²) in [7, 11) is 0. The van der Waals surface area contributed by atoms with Crippen LogP contribution in [0.1, 0.15) is 22.8 Å². The molecule has 37 heavy (non-hydrogen) atoms. The molecule has 0 saturated heterocycles. The van der Waals surface area contributed by atoms with Gasteiger partial charge in [-0.25, -0.2) is 20.1 Å². The van der Waals surface area contributed by atoms with Gasteiger partial charge in [0.05, 0.1) is 31.9 Å². The average Bonchev–Trinajstić information content (AvgIpc) is 3.56. The van der Waals surface area contributed by atoms with Gasteiger partial charge in [0.2, 0.25) is 0 Å². The number of rotatable bonds is 4. The molecule has 2 aliphatic heterocycles. The molecule has 2 aliphatic rings. The Kier molecular flexibility index (Phi) is 6.08. The van der Waals surface area contributed by atoms with E-state index in [4.69, 9.17) is 0 Å². The Morgan fingerprint density at radius 2 is 1.19 bits per heavy atom. The molecule has 0 aliphatic carbocycles. The largest absolute Gasteiger partial charge is 0.385 e. The van der Waals surface area contributed by atoms with Crippen molar-refractivity contribution in [3.63, 3.8) is 0 Å². The van der Waals surface area contributed by atoms with E-state index in [1.165, 1.54) is 24.3 Å². The summed E-state index contributed by atoms with van der Waals surface area (Å²) >= 11 is 0. The maximum absolute atomic E-state index is 12.1. The van der Waals surface area contributed by atoms with Crippen LogP contribution < -0.4 is 0 Å². The number of nitro groups is 4. The minimum atomic E-state index is -1.42. The molecule has 186 valence electrons. The second kappa shape index (κ2) is 9.06. The molecule has 1 N–H and O–H groups in total. The molecule has 16 nitrogen and oxygen atoms in total. The van der Waals surface area contributed by atoms with Crippen molar-refractivity contribution < 1.29 is 36.9 Å². The molecule has 17 heteroatoms. The van der Waals surface area contributed by atoms with Crippen LogP contribution in [0.25, 0.3) is 46.4 Å². The first kappa shape index (κ1) is 24.8. The van der Waals surface area contributed by atoms with Crippen molar-refractivity contribution in [1.29, 1.82) is 0 Å². The second-order valence-electron chi connectivity index (χ2n) is 7.45. The first-order chi connectivity index (χ1) is 17.1. The first-order valence-electron chi connectivity index (χ1n) is 9.89. The number of aromatic amines is 1. The van der Waals surface area contributed by atoms with Crippen molar-refractivity contribution in [3.05, 3.63) is 93.6 Å². The van der Waals surface area contributed by atoms with Crippen LogP contribution in [0.3, 0.4) is 0 Å². The Balaban J connectivity index is 0.00000320. The standard InChI is InChI=1S/C20H10N8O8.Fe/c29-25(30)17-15-6-5-13(23-15)8-12-2-1-10(21-12)7-11-3-4-14(22-11)9-16-18(26(31)32)20(27(33)34)19(17)24(16)28(35)36;/h1-9,21H;. The van der Waals surface area contributed by atoms with Gasteiger partial charge in [0, 0.05) is 34.2 Å². The third-order valence-corrected chi connectivity index (χ3v) is 5.28. The molecule has 3 aromatic heterocycles. The summed E-state index contributed by atoms with van der Waals surface area (Å²) in [4.78, 5) is 55.8. The van der Waals surface area contributed by atoms with Gasteiger partial charge in [-0.2, -0.15) is 0 Å². The van der Waals surface area contributed by atoms with Crippen molar-refractivity contribution in [2.75, 3.05) is 0 Å². The van der Waals surface area contributed by atoms with E-state index >= 15 is 0 Å². The van der Waals surface area contributed by atoms with Gasteiger partial charge in [-0.15, -0.1) is 0 Å². The normalized spacial score (nSPS) is 11.7. The Morgan fingerprint density at radius 1 is 0.676 bits per heavy atom. The van der Waals surface area contributed by atoms with Crippen molar-refractivity contribution in [2.45, 2.75) is 0 Å². The number of hydrogen-bond acceptors (Lipinski definition) is 10. The van der Waals surface area contributed by atoms with Crippen LogP contribution in [-0.4, -0.2) is 39.4 Å². The fourth-order valence-corrected chi connectivity index (χ4v) is 3.92. The summed E-state index contributed by atoms with van der Waals surface area (Å²) in [5, 5.41) is 46.8. The van der Waals surface area contributed by atoms with E-state index in [2.05, 4.69) is 15.0 Å². The summed E-state index contributed by atoms with van der Waals surface area (Å²) in [5.41, 5.74) is -4.64. The summed E-state index contributed by atoms with van der Waals surface area (Å²) in [5.74, 6) is 0. The van der Waals surface area contributed by atoms with Crippen LogP contribution in [0.5, 0.6) is 0 Å². The first-order valence-corrected chi connectivity index (χ1v) is 9.89. The molecule has 0 unspecified atom stereocenters. The van der Waals surface area contributed by atoms with Crippen LogP contribution in [0.2, 0.25) is 0 Å². The van der Waals surface area contributed by atoms with Gasteiger partial charge < -0.3 is 4.98 Å². The molecule has 0 fully saturated rings. The molecule has 5 rings (SSSR count). The zero-order chi connectivity index (χ0) is 25.7. The number of H-pyrrole nitrogens is 1. The number of aromatic nitrogens is 4. The summed E-state index contributed by atoms with van der Waals surface area (Å²) in [6.07, 6.45) is 5.40. The third-order valence-electron chi connectivity index (χ3n) is 5.28. The molecule has 3 aromatic rings. The Bertz CT molecular complexity index is 1770. The van der Waals surface area contributed by atoms with Crippen LogP contribution >= 0.6 is 0 Å². The summed E-state index contributed by atoms with van der Waals surface area (Å²) in [6.45, 7) is 0. The number of nitrogens with zero attached hydrogens (tertiary/aromatic N) is 7. The van der Waals surface area contributed by atoms with E-state index in [0.717, 1.165) is 12.1 Å². The molecule has 0 spiro atoms. The smallest absolute Gasteiger partial charge is 0.355 e. The third kappa shape index (κ3) is 4.19. The maximum atomic E-state index is 12.1. The predicted molar refractivity (Wildman–Crippen MR) is 125 cm³/mol. The van der Waals surface area contributed by atoms with Crippen LogP contribution in [0.15, 0.2) is 30.3 Å². The van der Waals surface area contributed by atoms with Crippen molar-refractivity contribution in [1.82, 2.24) is 19.6 Å². The molecular weight excluding hydrogens is 536 g/mol. The minimum Gasteiger partial charge on any atom is -0.355 e. The van der Waals surface area contributed by atoms with E-state index in [0.29, 0.717) is 16.7 Å². The number of hydrogen-bond donors (Lipinski definition) is 1. The monoisotopic (exact) mass is 546 g/mol. The van der Waals surface area contributed by atoms with Crippen molar-refractivity contribution >= 4 is 63.4 Å².